The van der Waals surface area contributed by atoms with E-state index in [2.05, 4.69) is 39.7 Å². The molecule has 0 amide bonds. The minimum atomic E-state index is 0.602. The fourth-order valence-corrected chi connectivity index (χ4v) is 5.94. The van der Waals surface area contributed by atoms with Crippen LogP contribution < -0.4 is 4.74 Å². The van der Waals surface area contributed by atoms with Crippen molar-refractivity contribution < 1.29 is 4.74 Å². The topological polar surface area (TPSA) is 52.8 Å². The zero-order chi connectivity index (χ0) is 21.2. The highest BCUT2D eigenvalue weighted by Crippen LogP contribution is 2.31. The van der Waals surface area contributed by atoms with Crippen molar-refractivity contribution in [2.75, 3.05) is 18.6 Å². The van der Waals surface area contributed by atoms with Crippen LogP contribution in [0.3, 0.4) is 0 Å². The SMILES string of the molecule is CSc1nc2ccccc2n1-c1nccc(OCCSc2nc3ccccc3s2)c1C. The molecule has 0 saturated heterocycles. The van der Waals surface area contributed by atoms with E-state index in [1.165, 1.54) is 4.70 Å². The van der Waals surface area contributed by atoms with Crippen LogP contribution in [0.25, 0.3) is 27.1 Å². The molecule has 0 aliphatic heterocycles. The third-order valence-corrected chi connectivity index (χ3v) is 7.68. The van der Waals surface area contributed by atoms with Gasteiger partial charge in [0.05, 0.1) is 27.9 Å². The number of thiazole rings is 1. The highest BCUT2D eigenvalue weighted by molar-refractivity contribution is 8.01. The van der Waals surface area contributed by atoms with Gasteiger partial charge in [-0.05, 0) is 43.5 Å². The quantitative estimate of drug-likeness (QED) is 0.210. The molecule has 0 saturated carbocycles. The summed E-state index contributed by atoms with van der Waals surface area (Å²) in [4.78, 5) is 14.1. The first-order valence-electron chi connectivity index (χ1n) is 9.83. The summed E-state index contributed by atoms with van der Waals surface area (Å²) in [7, 11) is 0. The second-order valence-corrected chi connectivity index (χ2v) is 9.97. The van der Waals surface area contributed by atoms with E-state index >= 15 is 0 Å². The molecular weight excluding hydrogens is 444 g/mol. The van der Waals surface area contributed by atoms with Crippen LogP contribution in [0.1, 0.15) is 5.56 Å². The van der Waals surface area contributed by atoms with Crippen molar-refractivity contribution in [2.45, 2.75) is 16.4 Å². The molecule has 0 aliphatic rings. The lowest BCUT2D eigenvalue weighted by Crippen LogP contribution is -2.06. The van der Waals surface area contributed by atoms with Crippen LogP contribution in [0.2, 0.25) is 0 Å². The molecule has 2 aromatic carbocycles. The Morgan fingerprint density at radius 1 is 1.00 bits per heavy atom. The van der Waals surface area contributed by atoms with Crippen molar-refractivity contribution in [2.24, 2.45) is 0 Å². The molecule has 0 N–H and O–H groups in total. The molecule has 0 aliphatic carbocycles. The Bertz CT molecular complexity index is 1330. The molecule has 0 bridgehead atoms. The minimum absolute atomic E-state index is 0.602. The fraction of sp³-hybridized carbons (Fsp3) is 0.174. The summed E-state index contributed by atoms with van der Waals surface area (Å²) < 4.78 is 10.5. The van der Waals surface area contributed by atoms with E-state index in [4.69, 9.17) is 9.72 Å². The molecule has 5 aromatic rings. The van der Waals surface area contributed by atoms with Crippen LogP contribution in [0.4, 0.5) is 0 Å². The van der Waals surface area contributed by atoms with E-state index in [-0.39, 0.29) is 0 Å². The third kappa shape index (κ3) is 4.03. The number of benzene rings is 2. The van der Waals surface area contributed by atoms with Gasteiger partial charge >= 0.3 is 0 Å². The van der Waals surface area contributed by atoms with Gasteiger partial charge in [0.2, 0.25) is 0 Å². The highest BCUT2D eigenvalue weighted by Gasteiger charge is 2.16. The summed E-state index contributed by atoms with van der Waals surface area (Å²) >= 11 is 5.07. The molecule has 0 fully saturated rings. The lowest BCUT2D eigenvalue weighted by atomic mass is 10.2. The summed E-state index contributed by atoms with van der Waals surface area (Å²) in [6.07, 6.45) is 3.84. The number of hydrogen-bond acceptors (Lipinski definition) is 7. The Morgan fingerprint density at radius 3 is 2.65 bits per heavy atom. The lowest BCUT2D eigenvalue weighted by Gasteiger charge is -2.14. The smallest absolute Gasteiger partial charge is 0.174 e. The Morgan fingerprint density at radius 2 is 1.81 bits per heavy atom. The van der Waals surface area contributed by atoms with E-state index < -0.39 is 0 Å². The number of thioether (sulfide) groups is 2. The van der Waals surface area contributed by atoms with E-state index in [1.807, 2.05) is 42.7 Å². The van der Waals surface area contributed by atoms with Crippen LogP contribution in [0.15, 0.2) is 70.3 Å². The van der Waals surface area contributed by atoms with Crippen molar-refractivity contribution in [1.29, 1.82) is 0 Å². The van der Waals surface area contributed by atoms with Crippen LogP contribution in [0.5, 0.6) is 5.75 Å². The van der Waals surface area contributed by atoms with Crippen molar-refractivity contribution in [3.63, 3.8) is 0 Å². The lowest BCUT2D eigenvalue weighted by molar-refractivity contribution is 0.341. The second kappa shape index (κ2) is 8.90. The standard InChI is InChI=1S/C23H20N4OS3/c1-15-19(28-13-14-30-23-26-17-8-4-6-10-20(17)31-23)11-12-24-21(15)27-18-9-5-3-7-16(18)25-22(27)29-2/h3-12H,13-14H2,1-2H3. The molecule has 5 nitrogen and oxygen atoms in total. The highest BCUT2D eigenvalue weighted by atomic mass is 32.2. The molecule has 5 rings (SSSR count). The minimum Gasteiger partial charge on any atom is -0.492 e. The van der Waals surface area contributed by atoms with Gasteiger partial charge in [-0.2, -0.15) is 0 Å². The number of imidazole rings is 1. The first-order chi connectivity index (χ1) is 15.2. The van der Waals surface area contributed by atoms with E-state index in [0.717, 1.165) is 48.9 Å². The molecule has 156 valence electrons. The fourth-order valence-electron chi connectivity index (χ4n) is 3.43. The number of fused-ring (bicyclic) bond motifs is 2. The van der Waals surface area contributed by atoms with Gasteiger partial charge < -0.3 is 4.74 Å². The van der Waals surface area contributed by atoms with Gasteiger partial charge in [0, 0.05) is 17.5 Å². The number of hydrogen-bond donors (Lipinski definition) is 0. The zero-order valence-corrected chi connectivity index (χ0v) is 19.6. The van der Waals surface area contributed by atoms with Crippen LogP contribution >= 0.6 is 34.9 Å². The number of ether oxygens (including phenoxy) is 1. The Balaban J connectivity index is 1.33. The predicted octanol–water partition coefficient (Wildman–Crippen LogP) is 6.23. The van der Waals surface area contributed by atoms with Gasteiger partial charge in [0.25, 0.3) is 0 Å². The molecule has 0 radical (unpaired) electrons. The van der Waals surface area contributed by atoms with E-state index in [0.29, 0.717) is 6.61 Å². The molecule has 3 aromatic heterocycles. The first-order valence-corrected chi connectivity index (χ1v) is 12.9. The van der Waals surface area contributed by atoms with Gasteiger partial charge in [0.15, 0.2) is 9.50 Å². The molecule has 8 heteroatoms. The normalized spacial score (nSPS) is 11.4. The maximum Gasteiger partial charge on any atom is 0.174 e. The maximum absolute atomic E-state index is 6.13. The third-order valence-electron chi connectivity index (χ3n) is 4.89. The van der Waals surface area contributed by atoms with Crippen LogP contribution in [0, 0.1) is 6.92 Å². The van der Waals surface area contributed by atoms with E-state index in [1.54, 1.807) is 41.1 Å². The Hall–Kier alpha value is -2.55. The van der Waals surface area contributed by atoms with Crippen LogP contribution in [-0.4, -0.2) is 38.1 Å². The average molecular weight is 465 g/mol. The summed E-state index contributed by atoms with van der Waals surface area (Å²) in [6.45, 7) is 2.65. The molecule has 0 spiro atoms. The van der Waals surface area contributed by atoms with Crippen LogP contribution in [-0.2, 0) is 0 Å². The second-order valence-electron chi connectivity index (χ2n) is 6.82. The summed E-state index contributed by atoms with van der Waals surface area (Å²) in [5.74, 6) is 2.54. The number of pyridine rings is 1. The van der Waals surface area contributed by atoms with Gasteiger partial charge in [-0.1, -0.05) is 47.8 Å². The molecule has 0 atom stereocenters. The van der Waals surface area contributed by atoms with Crippen molar-refractivity contribution in [3.05, 3.63) is 66.4 Å². The monoisotopic (exact) mass is 464 g/mol. The number of nitrogens with zero attached hydrogens (tertiary/aromatic N) is 4. The number of rotatable bonds is 7. The van der Waals surface area contributed by atoms with E-state index in [9.17, 15) is 0 Å². The Labute approximate surface area is 192 Å². The summed E-state index contributed by atoms with van der Waals surface area (Å²) in [5.41, 5.74) is 4.08. The van der Waals surface area contributed by atoms with Crippen molar-refractivity contribution in [1.82, 2.24) is 19.5 Å². The predicted molar refractivity (Wildman–Crippen MR) is 131 cm³/mol. The maximum atomic E-state index is 6.13. The molecule has 0 unspecified atom stereocenters. The van der Waals surface area contributed by atoms with Crippen molar-refractivity contribution >= 4 is 56.1 Å². The van der Waals surface area contributed by atoms with Crippen molar-refractivity contribution in [3.8, 4) is 11.6 Å². The van der Waals surface area contributed by atoms with Gasteiger partial charge in [-0.15, -0.1) is 11.3 Å². The zero-order valence-electron chi connectivity index (χ0n) is 17.1. The molecule has 3 heterocycles. The number of para-hydroxylation sites is 3. The Kier molecular flexibility index (Phi) is 5.85. The van der Waals surface area contributed by atoms with Gasteiger partial charge in [0.1, 0.15) is 11.6 Å². The largest absolute Gasteiger partial charge is 0.492 e. The summed E-state index contributed by atoms with van der Waals surface area (Å²) in [5, 5.41) is 0.917. The number of aromatic nitrogens is 4. The van der Waals surface area contributed by atoms with Gasteiger partial charge in [-0.3, -0.25) is 4.57 Å². The summed E-state index contributed by atoms with van der Waals surface area (Å²) in [6, 6.07) is 18.3. The first kappa shape index (κ1) is 20.4. The average Bonchev–Trinajstić information content (AvgIpc) is 3.38. The molecular formula is C23H20N4OS3. The van der Waals surface area contributed by atoms with Gasteiger partial charge in [-0.25, -0.2) is 15.0 Å². The molecule has 31 heavy (non-hydrogen) atoms.